The molecule has 5 heteroatoms. The molecule has 0 radical (unpaired) electrons. The van der Waals surface area contributed by atoms with Gasteiger partial charge in [-0.05, 0) is 31.7 Å². The van der Waals surface area contributed by atoms with Crippen LogP contribution in [-0.2, 0) is 13.6 Å². The normalized spacial score (nSPS) is 14.2. The Morgan fingerprint density at radius 3 is 2.52 bits per heavy atom. The molecule has 114 valence electrons. The average molecular weight is 288 g/mol. The molecule has 1 aromatic heterocycles. The molecule has 2 rings (SSSR count). The molecule has 2 N–H and O–H groups in total. The Morgan fingerprint density at radius 2 is 2.00 bits per heavy atom. The van der Waals surface area contributed by atoms with Crippen LogP contribution in [0.2, 0.25) is 0 Å². The Bertz CT molecular complexity index is 564. The topological polar surface area (TPSA) is 56.3 Å². The highest BCUT2D eigenvalue weighted by Gasteiger charge is 2.19. The third-order valence-corrected chi connectivity index (χ3v) is 3.91. The van der Waals surface area contributed by atoms with E-state index in [1.165, 1.54) is 5.56 Å². The van der Waals surface area contributed by atoms with Crippen molar-refractivity contribution in [3.05, 3.63) is 47.8 Å². The van der Waals surface area contributed by atoms with Crippen LogP contribution in [0.1, 0.15) is 24.1 Å². The van der Waals surface area contributed by atoms with Crippen molar-refractivity contribution in [3.63, 3.8) is 0 Å². The van der Waals surface area contributed by atoms with Crippen LogP contribution in [0.4, 0.5) is 0 Å². The molecule has 0 aliphatic carbocycles. The smallest absolute Gasteiger partial charge is 0.118 e. The summed E-state index contributed by atoms with van der Waals surface area (Å²) in [6.45, 7) is 2.98. The van der Waals surface area contributed by atoms with Crippen LogP contribution < -0.4 is 10.5 Å². The van der Waals surface area contributed by atoms with E-state index in [0.717, 1.165) is 17.9 Å². The molecular weight excluding hydrogens is 264 g/mol. The Balaban J connectivity index is 2.01. The zero-order chi connectivity index (χ0) is 15.4. The van der Waals surface area contributed by atoms with Crippen molar-refractivity contribution < 1.29 is 4.74 Å². The number of hydrogen-bond acceptors (Lipinski definition) is 4. The van der Waals surface area contributed by atoms with E-state index in [-0.39, 0.29) is 12.1 Å². The number of nitrogens with two attached hydrogens (primary N) is 1. The monoisotopic (exact) mass is 288 g/mol. The van der Waals surface area contributed by atoms with Crippen molar-refractivity contribution >= 4 is 0 Å². The highest BCUT2D eigenvalue weighted by Crippen LogP contribution is 2.21. The molecule has 0 bridgehead atoms. The molecule has 2 aromatic rings. The summed E-state index contributed by atoms with van der Waals surface area (Å²) in [6, 6.07) is 8.12. The molecule has 0 aliphatic rings. The molecule has 0 aliphatic heterocycles. The van der Waals surface area contributed by atoms with Crippen LogP contribution in [0.25, 0.3) is 0 Å². The van der Waals surface area contributed by atoms with Crippen LogP contribution in [-0.4, -0.2) is 34.9 Å². The molecule has 1 heterocycles. The summed E-state index contributed by atoms with van der Waals surface area (Å²) in [4.78, 5) is 2.24. The molecule has 0 fully saturated rings. The van der Waals surface area contributed by atoms with Crippen molar-refractivity contribution in [3.8, 4) is 5.75 Å². The second kappa shape index (κ2) is 6.74. The first kappa shape index (κ1) is 15.5. The Morgan fingerprint density at radius 1 is 1.33 bits per heavy atom. The minimum Gasteiger partial charge on any atom is -0.497 e. The summed E-state index contributed by atoms with van der Waals surface area (Å²) in [6.07, 6.45) is 3.92. The molecule has 2 atom stereocenters. The van der Waals surface area contributed by atoms with Gasteiger partial charge in [0, 0.05) is 37.4 Å². The standard InChI is InChI=1S/C16H24N4O/c1-12(19(2)10-13-9-18-20(3)11-13)16(17)14-5-7-15(21-4)8-6-14/h5-9,11-12,16H,10,17H2,1-4H3. The van der Waals surface area contributed by atoms with Gasteiger partial charge in [-0.25, -0.2) is 0 Å². The lowest BCUT2D eigenvalue weighted by Gasteiger charge is -2.29. The molecule has 0 saturated heterocycles. The van der Waals surface area contributed by atoms with Crippen molar-refractivity contribution in [1.82, 2.24) is 14.7 Å². The lowest BCUT2D eigenvalue weighted by Crippen LogP contribution is -2.37. The fraction of sp³-hybridized carbons (Fsp3) is 0.438. The van der Waals surface area contributed by atoms with Gasteiger partial charge in [0.25, 0.3) is 0 Å². The van der Waals surface area contributed by atoms with E-state index in [2.05, 4.69) is 24.0 Å². The summed E-state index contributed by atoms with van der Waals surface area (Å²) < 4.78 is 6.99. The second-order valence-electron chi connectivity index (χ2n) is 5.48. The van der Waals surface area contributed by atoms with Crippen molar-refractivity contribution in [2.45, 2.75) is 25.6 Å². The van der Waals surface area contributed by atoms with E-state index in [4.69, 9.17) is 10.5 Å². The Hall–Kier alpha value is -1.85. The summed E-state index contributed by atoms with van der Waals surface area (Å²) in [5.41, 5.74) is 8.69. The lowest BCUT2D eigenvalue weighted by atomic mass is 10.00. The predicted molar refractivity (Wildman–Crippen MR) is 84.1 cm³/mol. The SMILES string of the molecule is COc1ccc(C(N)C(C)N(C)Cc2cnn(C)c2)cc1. The average Bonchev–Trinajstić information content (AvgIpc) is 2.90. The lowest BCUT2D eigenvalue weighted by molar-refractivity contribution is 0.219. The van der Waals surface area contributed by atoms with Gasteiger partial charge in [-0.1, -0.05) is 12.1 Å². The van der Waals surface area contributed by atoms with E-state index >= 15 is 0 Å². The second-order valence-corrected chi connectivity index (χ2v) is 5.48. The van der Waals surface area contributed by atoms with Crippen LogP contribution in [0.3, 0.4) is 0 Å². The summed E-state index contributed by atoms with van der Waals surface area (Å²) in [7, 11) is 5.68. The quantitative estimate of drug-likeness (QED) is 0.882. The summed E-state index contributed by atoms with van der Waals surface area (Å²) >= 11 is 0. The van der Waals surface area contributed by atoms with E-state index in [1.54, 1.807) is 7.11 Å². The van der Waals surface area contributed by atoms with E-state index < -0.39 is 0 Å². The van der Waals surface area contributed by atoms with Crippen molar-refractivity contribution in [2.24, 2.45) is 12.8 Å². The highest BCUT2D eigenvalue weighted by molar-refractivity contribution is 5.29. The third kappa shape index (κ3) is 3.83. The molecule has 2 unspecified atom stereocenters. The van der Waals surface area contributed by atoms with Crippen LogP contribution >= 0.6 is 0 Å². The third-order valence-electron chi connectivity index (χ3n) is 3.91. The maximum absolute atomic E-state index is 6.39. The van der Waals surface area contributed by atoms with Gasteiger partial charge in [0.1, 0.15) is 5.75 Å². The van der Waals surface area contributed by atoms with Gasteiger partial charge in [0.2, 0.25) is 0 Å². The number of nitrogens with zero attached hydrogens (tertiary/aromatic N) is 3. The number of rotatable bonds is 6. The van der Waals surface area contributed by atoms with Gasteiger partial charge >= 0.3 is 0 Å². The molecule has 0 saturated carbocycles. The minimum atomic E-state index is -0.0439. The zero-order valence-electron chi connectivity index (χ0n) is 13.2. The van der Waals surface area contributed by atoms with Gasteiger partial charge in [0.05, 0.1) is 13.3 Å². The van der Waals surface area contributed by atoms with E-state index in [0.29, 0.717) is 0 Å². The molecular formula is C16H24N4O. The summed E-state index contributed by atoms with van der Waals surface area (Å²) in [5, 5.41) is 4.20. The van der Waals surface area contributed by atoms with Crippen molar-refractivity contribution in [1.29, 1.82) is 0 Å². The first-order valence-electron chi connectivity index (χ1n) is 7.08. The fourth-order valence-electron chi connectivity index (χ4n) is 2.36. The Kier molecular flexibility index (Phi) is 4.98. The highest BCUT2D eigenvalue weighted by atomic mass is 16.5. The molecule has 5 nitrogen and oxygen atoms in total. The summed E-state index contributed by atoms with van der Waals surface area (Å²) in [5.74, 6) is 0.849. The van der Waals surface area contributed by atoms with Gasteiger partial charge < -0.3 is 10.5 Å². The minimum absolute atomic E-state index is 0.0439. The molecule has 21 heavy (non-hydrogen) atoms. The number of methoxy groups -OCH3 is 1. The Labute approximate surface area is 126 Å². The first-order valence-corrected chi connectivity index (χ1v) is 7.08. The maximum Gasteiger partial charge on any atom is 0.118 e. The number of aryl methyl sites for hydroxylation is 1. The number of benzene rings is 1. The number of likely N-dealkylation sites (N-methyl/N-ethyl adjacent to an activating group) is 1. The predicted octanol–water partition coefficient (Wildman–Crippen LogP) is 1.95. The fourth-order valence-corrected chi connectivity index (χ4v) is 2.36. The van der Waals surface area contributed by atoms with Gasteiger partial charge in [-0.3, -0.25) is 9.58 Å². The molecule has 0 amide bonds. The largest absolute Gasteiger partial charge is 0.497 e. The number of aromatic nitrogens is 2. The van der Waals surface area contributed by atoms with Gasteiger partial charge in [-0.15, -0.1) is 0 Å². The van der Waals surface area contributed by atoms with Gasteiger partial charge in [-0.2, -0.15) is 5.10 Å². The van der Waals surface area contributed by atoms with Crippen LogP contribution in [0.5, 0.6) is 5.75 Å². The molecule has 0 spiro atoms. The van der Waals surface area contributed by atoms with E-state index in [9.17, 15) is 0 Å². The van der Waals surface area contributed by atoms with E-state index in [1.807, 2.05) is 48.4 Å². The van der Waals surface area contributed by atoms with Crippen LogP contribution in [0.15, 0.2) is 36.7 Å². The van der Waals surface area contributed by atoms with Gasteiger partial charge in [0.15, 0.2) is 0 Å². The van der Waals surface area contributed by atoms with Crippen LogP contribution in [0, 0.1) is 0 Å². The van der Waals surface area contributed by atoms with Crippen molar-refractivity contribution in [2.75, 3.05) is 14.2 Å². The zero-order valence-corrected chi connectivity index (χ0v) is 13.2. The first-order chi connectivity index (χ1) is 10.0. The molecule has 1 aromatic carbocycles. The number of hydrogen-bond donors (Lipinski definition) is 1. The maximum atomic E-state index is 6.39. The number of ether oxygens (including phenoxy) is 1.